The van der Waals surface area contributed by atoms with Gasteiger partial charge in [-0.25, -0.2) is 0 Å². The Kier molecular flexibility index (Phi) is 6.54. The molecule has 2 N–H and O–H groups in total. The Morgan fingerprint density at radius 1 is 1.14 bits per heavy atom. The Morgan fingerprint density at radius 3 is 2.45 bits per heavy atom. The summed E-state index contributed by atoms with van der Waals surface area (Å²) in [6, 6.07) is 6.62. The van der Waals surface area contributed by atoms with Crippen molar-refractivity contribution in [3.05, 3.63) is 29.3 Å². The third-order valence-electron chi connectivity index (χ3n) is 4.16. The van der Waals surface area contributed by atoms with Gasteiger partial charge in [0.25, 0.3) is 0 Å². The minimum absolute atomic E-state index is 0. The lowest BCUT2D eigenvalue weighted by molar-refractivity contribution is 0.108. The zero-order chi connectivity index (χ0) is 14.7. The highest BCUT2D eigenvalue weighted by atomic mass is 35.5. The number of halogens is 1. The average molecular weight is 326 g/mol. The third-order valence-corrected chi connectivity index (χ3v) is 4.16. The van der Waals surface area contributed by atoms with Crippen LogP contribution in [-0.4, -0.2) is 19.3 Å². The molecule has 1 atom stereocenters. The maximum atomic E-state index is 5.98. The fraction of sp³-hybridized carbons (Fsp3) is 0.667. The van der Waals surface area contributed by atoms with Crippen molar-refractivity contribution in [1.29, 1.82) is 0 Å². The second-order valence-electron chi connectivity index (χ2n) is 6.84. The summed E-state index contributed by atoms with van der Waals surface area (Å²) in [6.07, 6.45) is 6.19. The summed E-state index contributed by atoms with van der Waals surface area (Å²) in [5.41, 5.74) is 8.35. The molecule has 1 aromatic carbocycles. The summed E-state index contributed by atoms with van der Waals surface area (Å²) in [6.45, 7) is 4.44. The van der Waals surface area contributed by atoms with E-state index in [0.717, 1.165) is 37.2 Å². The van der Waals surface area contributed by atoms with E-state index in [1.807, 2.05) is 6.92 Å². The quantitative estimate of drug-likeness (QED) is 0.752. The van der Waals surface area contributed by atoms with Crippen LogP contribution in [0, 0.1) is 11.8 Å². The molecule has 3 nitrogen and oxygen atoms in total. The van der Waals surface area contributed by atoms with Crippen LogP contribution in [0.2, 0.25) is 0 Å². The van der Waals surface area contributed by atoms with Crippen molar-refractivity contribution in [3.8, 4) is 5.75 Å². The predicted molar refractivity (Wildman–Crippen MR) is 91.6 cm³/mol. The van der Waals surface area contributed by atoms with Crippen molar-refractivity contribution < 1.29 is 9.47 Å². The first-order valence-corrected chi connectivity index (χ1v) is 8.28. The molecular formula is C18H28ClNO2. The number of rotatable bonds is 9. The molecule has 0 aromatic heterocycles. The van der Waals surface area contributed by atoms with Crippen LogP contribution in [0.1, 0.15) is 43.7 Å². The van der Waals surface area contributed by atoms with Crippen molar-refractivity contribution in [3.63, 3.8) is 0 Å². The molecule has 22 heavy (non-hydrogen) atoms. The van der Waals surface area contributed by atoms with Crippen LogP contribution in [0.15, 0.2) is 18.2 Å². The second kappa shape index (κ2) is 8.19. The molecule has 0 saturated heterocycles. The maximum Gasteiger partial charge on any atom is 0.124 e. The van der Waals surface area contributed by atoms with Gasteiger partial charge in [-0.15, -0.1) is 12.4 Å². The lowest BCUT2D eigenvalue weighted by atomic mass is 10.0. The molecule has 0 heterocycles. The fourth-order valence-corrected chi connectivity index (χ4v) is 2.50. The van der Waals surface area contributed by atoms with Crippen LogP contribution in [0.5, 0.6) is 5.75 Å². The van der Waals surface area contributed by atoms with E-state index in [1.54, 1.807) is 0 Å². The van der Waals surface area contributed by atoms with Gasteiger partial charge in [-0.1, -0.05) is 6.07 Å². The Hall–Kier alpha value is -0.770. The molecule has 1 aromatic rings. The monoisotopic (exact) mass is 325 g/mol. The third kappa shape index (κ3) is 5.79. The van der Waals surface area contributed by atoms with Crippen molar-refractivity contribution in [2.24, 2.45) is 17.6 Å². The van der Waals surface area contributed by atoms with Gasteiger partial charge in [-0.2, -0.15) is 0 Å². The van der Waals surface area contributed by atoms with Crippen LogP contribution in [-0.2, 0) is 17.8 Å². The lowest BCUT2D eigenvalue weighted by Gasteiger charge is -2.14. The van der Waals surface area contributed by atoms with E-state index in [-0.39, 0.29) is 18.4 Å². The van der Waals surface area contributed by atoms with Crippen molar-refractivity contribution in [1.82, 2.24) is 0 Å². The topological polar surface area (TPSA) is 44.5 Å². The highest BCUT2D eigenvalue weighted by Crippen LogP contribution is 2.32. The van der Waals surface area contributed by atoms with Gasteiger partial charge in [0.2, 0.25) is 0 Å². The first-order chi connectivity index (χ1) is 10.2. The normalized spacial score (nSPS) is 18.6. The molecule has 0 bridgehead atoms. The zero-order valence-electron chi connectivity index (χ0n) is 13.4. The molecule has 3 rings (SSSR count). The molecule has 1 unspecified atom stereocenters. The average Bonchev–Trinajstić information content (AvgIpc) is 3.32. The predicted octanol–water partition coefficient (Wildman–Crippen LogP) is 3.71. The number of hydrogen-bond donors (Lipinski definition) is 1. The molecule has 0 aliphatic heterocycles. The number of ether oxygens (including phenoxy) is 2. The van der Waals surface area contributed by atoms with E-state index in [0.29, 0.717) is 6.61 Å². The van der Waals surface area contributed by atoms with Crippen LogP contribution >= 0.6 is 12.4 Å². The van der Waals surface area contributed by atoms with E-state index in [2.05, 4.69) is 18.2 Å². The first kappa shape index (κ1) is 17.6. The van der Waals surface area contributed by atoms with E-state index >= 15 is 0 Å². The van der Waals surface area contributed by atoms with Gasteiger partial charge in [0, 0.05) is 18.2 Å². The maximum absolute atomic E-state index is 5.98. The Bertz CT molecular complexity index is 470. The molecule has 124 valence electrons. The molecule has 2 fully saturated rings. The highest BCUT2D eigenvalue weighted by Gasteiger charge is 2.23. The highest BCUT2D eigenvalue weighted by molar-refractivity contribution is 5.85. The summed E-state index contributed by atoms with van der Waals surface area (Å²) >= 11 is 0. The molecule has 4 heteroatoms. The summed E-state index contributed by atoms with van der Waals surface area (Å²) < 4.78 is 11.8. The largest absolute Gasteiger partial charge is 0.493 e. The van der Waals surface area contributed by atoms with E-state index < -0.39 is 0 Å². The van der Waals surface area contributed by atoms with E-state index in [4.69, 9.17) is 15.2 Å². The zero-order valence-corrected chi connectivity index (χ0v) is 14.2. The summed E-state index contributed by atoms with van der Waals surface area (Å²) in [5, 5.41) is 0. The van der Waals surface area contributed by atoms with Gasteiger partial charge in [0.05, 0.1) is 13.2 Å². The summed E-state index contributed by atoms with van der Waals surface area (Å²) in [7, 11) is 0. The molecule has 2 saturated carbocycles. The van der Waals surface area contributed by atoms with Crippen molar-refractivity contribution >= 4 is 12.4 Å². The minimum atomic E-state index is 0. The molecule has 2 aliphatic rings. The van der Waals surface area contributed by atoms with Crippen molar-refractivity contribution in [2.75, 3.05) is 13.2 Å². The van der Waals surface area contributed by atoms with Crippen LogP contribution in [0.25, 0.3) is 0 Å². The lowest BCUT2D eigenvalue weighted by Crippen LogP contribution is -2.18. The molecular weight excluding hydrogens is 298 g/mol. The fourth-order valence-electron chi connectivity index (χ4n) is 2.50. The van der Waals surface area contributed by atoms with Gasteiger partial charge in [0.1, 0.15) is 5.75 Å². The van der Waals surface area contributed by atoms with Gasteiger partial charge in [-0.05, 0) is 68.6 Å². The Balaban J connectivity index is 0.00000176. The second-order valence-corrected chi connectivity index (χ2v) is 6.84. The van der Waals surface area contributed by atoms with Crippen LogP contribution in [0.3, 0.4) is 0 Å². The molecule has 0 radical (unpaired) electrons. The Morgan fingerprint density at radius 2 is 1.82 bits per heavy atom. The van der Waals surface area contributed by atoms with Gasteiger partial charge >= 0.3 is 0 Å². The Labute approximate surface area is 140 Å². The molecule has 2 aliphatic carbocycles. The van der Waals surface area contributed by atoms with Gasteiger partial charge < -0.3 is 15.2 Å². The number of nitrogens with two attached hydrogens (primary N) is 1. The minimum Gasteiger partial charge on any atom is -0.493 e. The molecule has 0 spiro atoms. The van der Waals surface area contributed by atoms with Gasteiger partial charge in [-0.3, -0.25) is 0 Å². The van der Waals surface area contributed by atoms with E-state index in [1.165, 1.54) is 36.8 Å². The number of hydrogen-bond acceptors (Lipinski definition) is 3. The summed E-state index contributed by atoms with van der Waals surface area (Å²) in [4.78, 5) is 0. The van der Waals surface area contributed by atoms with Crippen molar-refractivity contribution in [2.45, 2.75) is 51.7 Å². The smallest absolute Gasteiger partial charge is 0.124 e. The SMILES string of the molecule is CC(N)Cc1ccc(OCC2CC2)c(COCC2CC2)c1.Cl. The molecule has 0 amide bonds. The van der Waals surface area contributed by atoms with Crippen LogP contribution in [0.4, 0.5) is 0 Å². The number of benzene rings is 1. The summed E-state index contributed by atoms with van der Waals surface area (Å²) in [5.74, 6) is 2.56. The standard InChI is InChI=1S/C18H27NO2.ClH/c1-13(19)8-16-6-7-18(21-11-15-4-5-15)17(9-16)12-20-10-14-2-3-14;/h6-7,9,13-15H,2-5,8,10-12,19H2,1H3;1H. The first-order valence-electron chi connectivity index (χ1n) is 8.28. The van der Waals surface area contributed by atoms with Gasteiger partial charge in [0.15, 0.2) is 0 Å². The van der Waals surface area contributed by atoms with Crippen LogP contribution < -0.4 is 10.5 Å². The van der Waals surface area contributed by atoms with E-state index in [9.17, 15) is 0 Å².